The molecule has 0 saturated carbocycles. The number of benzene rings is 4. The molecule has 0 radical (unpaired) electrons. The van der Waals surface area contributed by atoms with Gasteiger partial charge in [-0.05, 0) is 126 Å². The van der Waals surface area contributed by atoms with Crippen LogP contribution in [0.15, 0.2) is 115 Å². The monoisotopic (exact) mass is 639 g/mol. The fraction of sp³-hybridized carbons (Fsp3) is 0.214. The van der Waals surface area contributed by atoms with Gasteiger partial charge < -0.3 is 15.5 Å². The Morgan fingerprint density at radius 3 is 2.25 bits per heavy atom. The maximum absolute atomic E-state index is 10.6. The van der Waals surface area contributed by atoms with Crippen LogP contribution in [-0.2, 0) is 30.5 Å². The number of rotatable bonds is 6. The lowest BCUT2D eigenvalue weighted by Gasteiger charge is -2.27. The molecule has 1 atom stereocenters. The van der Waals surface area contributed by atoms with E-state index in [0.29, 0.717) is 12.5 Å². The zero-order valence-corrected chi connectivity index (χ0v) is 27.2. The lowest BCUT2D eigenvalue weighted by molar-refractivity contribution is -0.113. The second-order valence-electron chi connectivity index (χ2n) is 12.2. The van der Waals surface area contributed by atoms with E-state index in [1.807, 2.05) is 0 Å². The summed E-state index contributed by atoms with van der Waals surface area (Å²) in [6.07, 6.45) is 19.0. The Bertz CT molecular complexity index is 1840. The van der Waals surface area contributed by atoms with Crippen molar-refractivity contribution in [3.05, 3.63) is 160 Å². The number of carbonyl (C=O) groups is 3. The zero-order chi connectivity index (χ0) is 33.9. The first-order chi connectivity index (χ1) is 23.3. The molecule has 2 aliphatic carbocycles. The average Bonchev–Trinajstić information content (AvgIpc) is 3.36. The summed E-state index contributed by atoms with van der Waals surface area (Å²) < 4.78 is 0. The van der Waals surface area contributed by atoms with E-state index in [2.05, 4.69) is 84.2 Å². The smallest absolute Gasteiger partial charge is 0.335 e. The number of hydrogen-bond acceptors (Lipinski definition) is 4. The molecule has 0 spiro atoms. The summed E-state index contributed by atoms with van der Waals surface area (Å²) in [6.45, 7) is 1.90. The summed E-state index contributed by atoms with van der Waals surface area (Å²) in [5.41, 5.74) is 10.9. The average molecular weight is 640 g/mol. The highest BCUT2D eigenvalue weighted by atomic mass is 16.4. The number of aryl methyl sites for hydroxylation is 2. The number of fused-ring (bicyclic) bond motifs is 5. The first kappa shape index (κ1) is 33.9. The first-order valence-electron chi connectivity index (χ1n) is 16.4. The van der Waals surface area contributed by atoms with Gasteiger partial charge in [0.15, 0.2) is 5.78 Å². The van der Waals surface area contributed by atoms with Crippen LogP contribution in [0.25, 0.3) is 17.2 Å². The van der Waals surface area contributed by atoms with Gasteiger partial charge in [0.1, 0.15) is 0 Å². The second kappa shape index (κ2) is 16.4. The van der Waals surface area contributed by atoms with Gasteiger partial charge in [-0.3, -0.25) is 4.79 Å². The molecule has 3 aliphatic rings. The molecule has 4 aromatic rings. The van der Waals surface area contributed by atoms with E-state index in [0.717, 1.165) is 0 Å². The molecule has 1 unspecified atom stereocenters. The van der Waals surface area contributed by atoms with E-state index < -0.39 is 11.9 Å². The van der Waals surface area contributed by atoms with Gasteiger partial charge in [-0.15, -0.1) is 0 Å². The Hall–Kier alpha value is -5.49. The molecule has 0 saturated heterocycles. The van der Waals surface area contributed by atoms with Gasteiger partial charge in [0, 0.05) is 0 Å². The Kier molecular flexibility index (Phi) is 11.5. The first-order valence-corrected chi connectivity index (χ1v) is 16.4. The molecule has 48 heavy (non-hydrogen) atoms. The number of hydrogen-bond donors (Lipinski definition) is 3. The molecular weight excluding hydrogens is 598 g/mol. The van der Waals surface area contributed by atoms with Gasteiger partial charge in [-0.2, -0.15) is 0 Å². The predicted molar refractivity (Wildman–Crippen MR) is 191 cm³/mol. The standard InChI is InChI=1S/C27H26.C9H8O4.C6H7NO/c1-2-7-20(8-3-1)9-6-10-21-13-14-23-16-17-25-24-12-5-4-11-22(24)15-18-26(25)27(23)19-21;1-5-6(8(10)11)3-2-4-7(5)9(12)13;8-6-3-1-2-4-7-5-6/h1-5,7-8,11-14,16-17,21H,6,9-10,15,18-19H2;2-4H,1H3,(H,10,11)(H,12,13);1-4,7H,5H2. The molecule has 0 aromatic heterocycles. The molecule has 244 valence electrons. The lowest BCUT2D eigenvalue weighted by Crippen LogP contribution is -2.14. The van der Waals surface area contributed by atoms with Crippen molar-refractivity contribution < 1.29 is 24.6 Å². The van der Waals surface area contributed by atoms with Crippen molar-refractivity contribution in [3.63, 3.8) is 0 Å². The van der Waals surface area contributed by atoms with E-state index >= 15 is 0 Å². The molecule has 0 bridgehead atoms. The number of carboxylic acids is 2. The molecule has 7 rings (SSSR count). The maximum Gasteiger partial charge on any atom is 0.335 e. The molecule has 1 aliphatic heterocycles. The van der Waals surface area contributed by atoms with Gasteiger partial charge in [0.05, 0.1) is 17.7 Å². The van der Waals surface area contributed by atoms with Crippen LogP contribution in [-0.4, -0.2) is 34.5 Å². The summed E-state index contributed by atoms with van der Waals surface area (Å²) in [7, 11) is 0. The van der Waals surface area contributed by atoms with Gasteiger partial charge in [-0.1, -0.05) is 91.0 Å². The Morgan fingerprint density at radius 2 is 1.50 bits per heavy atom. The minimum Gasteiger partial charge on any atom is -0.478 e. The third kappa shape index (κ3) is 8.65. The summed E-state index contributed by atoms with van der Waals surface area (Å²) >= 11 is 0. The normalized spacial score (nSPS) is 15.2. The minimum atomic E-state index is -1.11. The lowest BCUT2D eigenvalue weighted by atomic mass is 9.77. The zero-order valence-electron chi connectivity index (χ0n) is 27.2. The number of ketones is 1. The molecule has 0 fully saturated rings. The summed E-state index contributed by atoms with van der Waals surface area (Å²) in [5.74, 6) is -1.42. The molecule has 1 heterocycles. The maximum atomic E-state index is 10.6. The van der Waals surface area contributed by atoms with E-state index in [1.54, 1.807) is 35.6 Å². The quantitative estimate of drug-likeness (QED) is 0.196. The minimum absolute atomic E-state index is 0.0277. The molecule has 3 N–H and O–H groups in total. The van der Waals surface area contributed by atoms with Crippen LogP contribution in [0.5, 0.6) is 0 Å². The van der Waals surface area contributed by atoms with Crippen LogP contribution in [0.3, 0.4) is 0 Å². The van der Waals surface area contributed by atoms with Crippen molar-refractivity contribution in [2.45, 2.75) is 45.4 Å². The van der Waals surface area contributed by atoms with Crippen molar-refractivity contribution in [1.82, 2.24) is 5.32 Å². The number of carboxylic acid groups (broad SMARTS) is 2. The number of carbonyl (C=O) groups excluding carboxylic acids is 1. The molecular formula is C42H41NO5. The van der Waals surface area contributed by atoms with Crippen LogP contribution in [0.1, 0.15) is 66.9 Å². The Balaban J connectivity index is 0.000000177. The van der Waals surface area contributed by atoms with Crippen LogP contribution in [0.4, 0.5) is 0 Å². The summed E-state index contributed by atoms with van der Waals surface area (Å²) in [6, 6.07) is 28.7. The Labute approximate surface area is 282 Å². The van der Waals surface area contributed by atoms with Gasteiger partial charge in [0.25, 0.3) is 0 Å². The highest BCUT2D eigenvalue weighted by Gasteiger charge is 2.23. The molecule has 4 aromatic carbocycles. The van der Waals surface area contributed by atoms with Crippen molar-refractivity contribution >= 4 is 23.8 Å². The van der Waals surface area contributed by atoms with Crippen molar-refractivity contribution in [3.8, 4) is 11.1 Å². The predicted octanol–water partition coefficient (Wildman–Crippen LogP) is 8.28. The molecule has 6 nitrogen and oxygen atoms in total. The van der Waals surface area contributed by atoms with Crippen molar-refractivity contribution in [2.24, 2.45) is 5.92 Å². The fourth-order valence-corrected chi connectivity index (χ4v) is 6.49. The van der Waals surface area contributed by atoms with Crippen molar-refractivity contribution in [2.75, 3.05) is 6.54 Å². The van der Waals surface area contributed by atoms with E-state index in [-0.39, 0.29) is 22.5 Å². The topological polar surface area (TPSA) is 104 Å². The SMILES string of the molecule is C1=CC(CCCc2ccccc2)Cc2c1ccc1c2CCc2ccccc2-1.Cc1c(C(=O)O)cccc1C(=O)O.O=C1C=CC=CNC1. The van der Waals surface area contributed by atoms with Crippen LogP contribution < -0.4 is 5.32 Å². The van der Waals surface area contributed by atoms with Crippen molar-refractivity contribution in [1.29, 1.82) is 0 Å². The number of allylic oxidation sites excluding steroid dienone is 3. The summed E-state index contributed by atoms with van der Waals surface area (Å²) in [5, 5.41) is 20.2. The van der Waals surface area contributed by atoms with Gasteiger partial charge in [0.2, 0.25) is 0 Å². The number of nitrogens with one attached hydrogen (secondary N) is 1. The number of aromatic carboxylic acids is 2. The fourth-order valence-electron chi connectivity index (χ4n) is 6.49. The van der Waals surface area contributed by atoms with E-state index in [1.165, 1.54) is 91.5 Å². The molecule has 6 heteroatoms. The molecule has 0 amide bonds. The second-order valence-corrected chi connectivity index (χ2v) is 12.2. The van der Waals surface area contributed by atoms with E-state index in [9.17, 15) is 14.4 Å². The van der Waals surface area contributed by atoms with Gasteiger partial charge >= 0.3 is 11.9 Å². The summed E-state index contributed by atoms with van der Waals surface area (Å²) in [4.78, 5) is 31.7. The van der Waals surface area contributed by atoms with Gasteiger partial charge in [-0.25, -0.2) is 9.59 Å². The highest BCUT2D eigenvalue weighted by Crippen LogP contribution is 2.39. The Morgan fingerprint density at radius 1 is 0.771 bits per heavy atom. The largest absolute Gasteiger partial charge is 0.478 e. The third-order valence-electron chi connectivity index (χ3n) is 8.99. The van der Waals surface area contributed by atoms with Crippen LogP contribution in [0, 0.1) is 12.8 Å². The van der Waals surface area contributed by atoms with Crippen LogP contribution in [0.2, 0.25) is 0 Å². The highest BCUT2D eigenvalue weighted by molar-refractivity contribution is 5.96. The van der Waals surface area contributed by atoms with Crippen LogP contribution >= 0.6 is 0 Å². The van der Waals surface area contributed by atoms with E-state index in [4.69, 9.17) is 10.2 Å². The third-order valence-corrected chi connectivity index (χ3v) is 8.99.